The highest BCUT2D eigenvalue weighted by Crippen LogP contribution is 2.37. The lowest BCUT2D eigenvalue weighted by Crippen LogP contribution is -2.28. The van der Waals surface area contributed by atoms with Crippen molar-refractivity contribution in [3.05, 3.63) is 71.5 Å². The van der Waals surface area contributed by atoms with Gasteiger partial charge in [-0.3, -0.25) is 0 Å². The Morgan fingerprint density at radius 1 is 1.07 bits per heavy atom. The number of nitrogens with one attached hydrogen (secondary N) is 1. The summed E-state index contributed by atoms with van der Waals surface area (Å²) in [5.74, 6) is 2.25. The molecule has 1 aromatic heterocycles. The number of ether oxygens (including phenoxy) is 1. The van der Waals surface area contributed by atoms with Crippen molar-refractivity contribution in [2.45, 2.75) is 45.2 Å². The largest absolute Gasteiger partial charge is 0.494 e. The van der Waals surface area contributed by atoms with Crippen molar-refractivity contribution in [2.24, 2.45) is 0 Å². The molecule has 1 aliphatic rings. The second kappa shape index (κ2) is 7.43. The van der Waals surface area contributed by atoms with E-state index in [0.717, 1.165) is 18.1 Å². The third kappa shape index (κ3) is 3.54. The molecule has 0 radical (unpaired) electrons. The summed E-state index contributed by atoms with van der Waals surface area (Å²) < 4.78 is 7.56. The molecule has 0 bridgehead atoms. The molecule has 0 amide bonds. The van der Waals surface area contributed by atoms with Crippen LogP contribution < -0.4 is 10.1 Å². The van der Waals surface area contributed by atoms with Crippen molar-refractivity contribution in [3.63, 3.8) is 0 Å². The van der Waals surface area contributed by atoms with Gasteiger partial charge in [0.15, 0.2) is 0 Å². The molecule has 1 N–H and O–H groups in total. The molecular formula is C22H26N4O. The summed E-state index contributed by atoms with van der Waals surface area (Å²) in [4.78, 5) is 4.42. The monoisotopic (exact) mass is 362 g/mol. The molecule has 140 valence electrons. The molecule has 1 aliphatic heterocycles. The predicted molar refractivity (Wildman–Crippen MR) is 107 cm³/mol. The van der Waals surface area contributed by atoms with Crippen molar-refractivity contribution in [1.29, 1.82) is 0 Å². The first-order valence-corrected chi connectivity index (χ1v) is 9.64. The zero-order valence-corrected chi connectivity index (χ0v) is 16.1. The van der Waals surface area contributed by atoms with E-state index in [1.807, 2.05) is 23.7 Å². The van der Waals surface area contributed by atoms with Crippen LogP contribution in [0.25, 0.3) is 0 Å². The molecule has 0 saturated heterocycles. The van der Waals surface area contributed by atoms with Gasteiger partial charge in [-0.15, -0.1) is 0 Å². The van der Waals surface area contributed by atoms with Crippen molar-refractivity contribution in [3.8, 4) is 5.75 Å². The van der Waals surface area contributed by atoms with E-state index in [4.69, 9.17) is 4.74 Å². The molecule has 3 aromatic rings. The van der Waals surface area contributed by atoms with Gasteiger partial charge in [-0.2, -0.15) is 10.1 Å². The number of hydrogen-bond donors (Lipinski definition) is 1. The number of rotatable bonds is 5. The zero-order chi connectivity index (χ0) is 18.8. The van der Waals surface area contributed by atoms with E-state index in [1.54, 1.807) is 6.33 Å². The van der Waals surface area contributed by atoms with Gasteiger partial charge in [0.1, 0.15) is 12.1 Å². The van der Waals surface area contributed by atoms with E-state index in [-0.39, 0.29) is 12.1 Å². The first kappa shape index (κ1) is 17.6. The molecule has 27 heavy (non-hydrogen) atoms. The third-order valence-electron chi connectivity index (χ3n) is 5.21. The molecule has 2 aromatic carbocycles. The van der Waals surface area contributed by atoms with Crippen LogP contribution in [0.3, 0.4) is 0 Å². The maximum atomic E-state index is 5.57. The lowest BCUT2D eigenvalue weighted by atomic mass is 9.92. The Morgan fingerprint density at radius 2 is 1.78 bits per heavy atom. The number of hydrogen-bond acceptors (Lipinski definition) is 4. The van der Waals surface area contributed by atoms with Gasteiger partial charge in [0.05, 0.1) is 18.7 Å². The van der Waals surface area contributed by atoms with Crippen molar-refractivity contribution in [2.75, 3.05) is 11.9 Å². The highest BCUT2D eigenvalue weighted by molar-refractivity contribution is 5.40. The van der Waals surface area contributed by atoms with Gasteiger partial charge in [-0.05, 0) is 48.1 Å². The third-order valence-corrected chi connectivity index (χ3v) is 5.21. The molecule has 0 fully saturated rings. The second-order valence-corrected chi connectivity index (χ2v) is 7.30. The quantitative estimate of drug-likeness (QED) is 0.698. The Balaban J connectivity index is 1.62. The average Bonchev–Trinajstić information content (AvgIpc) is 3.17. The van der Waals surface area contributed by atoms with Crippen LogP contribution in [-0.2, 0) is 0 Å². The molecule has 0 spiro atoms. The summed E-state index contributed by atoms with van der Waals surface area (Å²) in [6.45, 7) is 7.12. The molecule has 5 heteroatoms. The number of fused-ring (bicyclic) bond motifs is 1. The molecule has 5 nitrogen and oxygen atoms in total. The van der Waals surface area contributed by atoms with Gasteiger partial charge in [0.2, 0.25) is 5.95 Å². The molecule has 2 atom stereocenters. The van der Waals surface area contributed by atoms with Crippen LogP contribution >= 0.6 is 0 Å². The van der Waals surface area contributed by atoms with E-state index in [0.29, 0.717) is 12.5 Å². The Labute approximate surface area is 160 Å². The highest BCUT2D eigenvalue weighted by atomic mass is 16.5. The Hall–Kier alpha value is -2.82. The molecule has 4 rings (SSSR count). The van der Waals surface area contributed by atoms with Crippen molar-refractivity contribution in [1.82, 2.24) is 14.8 Å². The molecule has 0 unspecified atom stereocenters. The predicted octanol–water partition coefficient (Wildman–Crippen LogP) is 4.95. The first-order chi connectivity index (χ1) is 13.2. The fourth-order valence-corrected chi connectivity index (χ4v) is 3.68. The van der Waals surface area contributed by atoms with Gasteiger partial charge in [-0.25, -0.2) is 4.68 Å². The fraction of sp³-hybridized carbons (Fsp3) is 0.364. The summed E-state index contributed by atoms with van der Waals surface area (Å²) in [6, 6.07) is 17.6. The average molecular weight is 362 g/mol. The van der Waals surface area contributed by atoms with Gasteiger partial charge in [-0.1, -0.05) is 50.2 Å². The van der Waals surface area contributed by atoms with Gasteiger partial charge in [0, 0.05) is 0 Å². The normalized spacial score (nSPS) is 18.8. The number of anilines is 1. The smallest absolute Gasteiger partial charge is 0.222 e. The topological polar surface area (TPSA) is 52.0 Å². The fourth-order valence-electron chi connectivity index (χ4n) is 3.68. The summed E-state index contributed by atoms with van der Waals surface area (Å²) in [7, 11) is 0. The maximum absolute atomic E-state index is 5.57. The van der Waals surface area contributed by atoms with Gasteiger partial charge in [0.25, 0.3) is 0 Å². The zero-order valence-electron chi connectivity index (χ0n) is 16.1. The molecular weight excluding hydrogens is 336 g/mol. The second-order valence-electron chi connectivity index (χ2n) is 7.30. The van der Waals surface area contributed by atoms with E-state index >= 15 is 0 Å². The first-order valence-electron chi connectivity index (χ1n) is 9.64. The number of benzene rings is 2. The Bertz CT molecular complexity index is 883. The van der Waals surface area contributed by atoms with Gasteiger partial charge >= 0.3 is 0 Å². The minimum atomic E-state index is 0.168. The van der Waals surface area contributed by atoms with Crippen LogP contribution in [-0.4, -0.2) is 21.4 Å². The lowest BCUT2D eigenvalue weighted by Gasteiger charge is -2.32. The number of aromatic nitrogens is 3. The summed E-state index contributed by atoms with van der Waals surface area (Å²) >= 11 is 0. The minimum absolute atomic E-state index is 0.168. The van der Waals surface area contributed by atoms with Crippen molar-refractivity contribution >= 4 is 5.95 Å². The standard InChI is InChI=1S/C22H26N4O/c1-4-27-19-11-9-17(10-12-19)20-13-21(26-22(25-20)23-14-24-26)18-7-5-16(6-8-18)15(2)3/h5-12,14-15,20-21H,4,13H2,1-3H3,(H,23,24,25)/t20-,21+/m0/s1. The van der Waals surface area contributed by atoms with Crippen LogP contribution in [0.15, 0.2) is 54.9 Å². The summed E-state index contributed by atoms with van der Waals surface area (Å²) in [5.41, 5.74) is 3.86. The van der Waals surface area contributed by atoms with Crippen molar-refractivity contribution < 1.29 is 4.74 Å². The summed E-state index contributed by atoms with van der Waals surface area (Å²) in [6.07, 6.45) is 2.55. The van der Waals surface area contributed by atoms with Crippen LogP contribution in [0.1, 0.15) is 61.9 Å². The van der Waals surface area contributed by atoms with E-state index in [1.165, 1.54) is 16.7 Å². The van der Waals surface area contributed by atoms with Crippen LogP contribution in [0, 0.1) is 0 Å². The molecule has 2 heterocycles. The van der Waals surface area contributed by atoms with E-state index < -0.39 is 0 Å². The Morgan fingerprint density at radius 3 is 2.44 bits per heavy atom. The summed E-state index contributed by atoms with van der Waals surface area (Å²) in [5, 5.41) is 7.98. The van der Waals surface area contributed by atoms with E-state index in [2.05, 4.69) is 65.6 Å². The van der Waals surface area contributed by atoms with Gasteiger partial charge < -0.3 is 10.1 Å². The van der Waals surface area contributed by atoms with Crippen LogP contribution in [0.2, 0.25) is 0 Å². The molecule has 0 aliphatic carbocycles. The number of nitrogens with zero attached hydrogens (tertiary/aromatic N) is 3. The SMILES string of the molecule is CCOc1ccc([C@@H]2C[C@H](c3ccc(C(C)C)cc3)n3ncnc3N2)cc1. The van der Waals surface area contributed by atoms with Crippen LogP contribution in [0.5, 0.6) is 5.75 Å². The Kier molecular flexibility index (Phi) is 4.84. The van der Waals surface area contributed by atoms with E-state index in [9.17, 15) is 0 Å². The maximum Gasteiger partial charge on any atom is 0.222 e. The highest BCUT2D eigenvalue weighted by Gasteiger charge is 2.29. The molecule has 0 saturated carbocycles. The minimum Gasteiger partial charge on any atom is -0.494 e. The van der Waals surface area contributed by atoms with Crippen LogP contribution in [0.4, 0.5) is 5.95 Å². The lowest BCUT2D eigenvalue weighted by molar-refractivity contribution is 0.340.